The Morgan fingerprint density at radius 2 is 1.68 bits per heavy atom. The molecule has 0 aliphatic rings. The molecule has 1 N–H and O–H groups in total. The normalized spacial score (nSPS) is 11.0. The smallest absolute Gasteiger partial charge is 0.264 e. The van der Waals surface area contributed by atoms with Crippen molar-refractivity contribution in [3.05, 3.63) is 78.4 Å². The van der Waals surface area contributed by atoms with E-state index >= 15 is 0 Å². The average molecular weight is 501 g/mol. The molecule has 0 atom stereocenters. The van der Waals surface area contributed by atoms with Gasteiger partial charge in [-0.3, -0.25) is 9.10 Å². The van der Waals surface area contributed by atoms with Gasteiger partial charge in [0.15, 0.2) is 0 Å². The maximum atomic E-state index is 13.5. The number of ether oxygens (including phenoxy) is 2. The van der Waals surface area contributed by atoms with Gasteiger partial charge in [0.05, 0.1) is 24.8 Å². The third-order valence-corrected chi connectivity index (χ3v) is 7.77. The maximum absolute atomic E-state index is 13.5. The van der Waals surface area contributed by atoms with Crippen LogP contribution in [0, 0.1) is 6.92 Å². The highest BCUT2D eigenvalue weighted by molar-refractivity contribution is 7.99. The topological polar surface area (TPSA) is 84.9 Å². The molecule has 0 aromatic heterocycles. The molecule has 0 radical (unpaired) electrons. The van der Waals surface area contributed by atoms with Crippen LogP contribution in [0.5, 0.6) is 11.5 Å². The van der Waals surface area contributed by atoms with Crippen LogP contribution in [-0.2, 0) is 14.8 Å². The first kappa shape index (κ1) is 25.5. The lowest BCUT2D eigenvalue weighted by molar-refractivity contribution is -0.119. The summed E-state index contributed by atoms with van der Waals surface area (Å²) in [6, 6.07) is 20.9. The molecular formula is C25H28N2O5S2. The van der Waals surface area contributed by atoms with E-state index in [0.717, 1.165) is 9.20 Å². The van der Waals surface area contributed by atoms with Crippen LogP contribution in [0.2, 0.25) is 0 Å². The van der Waals surface area contributed by atoms with Gasteiger partial charge in [-0.05, 0) is 43.3 Å². The molecule has 3 aromatic rings. The zero-order valence-corrected chi connectivity index (χ0v) is 21.0. The van der Waals surface area contributed by atoms with Gasteiger partial charge in [-0.2, -0.15) is 0 Å². The minimum Gasteiger partial charge on any atom is -0.497 e. The van der Waals surface area contributed by atoms with Gasteiger partial charge >= 0.3 is 0 Å². The Kier molecular flexibility index (Phi) is 8.84. The molecule has 7 nitrogen and oxygen atoms in total. The van der Waals surface area contributed by atoms with Crippen molar-refractivity contribution in [1.29, 1.82) is 0 Å². The van der Waals surface area contributed by atoms with E-state index in [1.807, 2.05) is 31.2 Å². The van der Waals surface area contributed by atoms with Crippen LogP contribution in [0.4, 0.5) is 5.69 Å². The fourth-order valence-corrected chi connectivity index (χ4v) is 5.40. The van der Waals surface area contributed by atoms with Gasteiger partial charge in [-0.25, -0.2) is 8.42 Å². The predicted octanol–water partition coefficient (Wildman–Crippen LogP) is 4.12. The molecule has 3 aromatic carbocycles. The molecule has 34 heavy (non-hydrogen) atoms. The summed E-state index contributed by atoms with van der Waals surface area (Å²) in [5.74, 6) is 0.985. The zero-order chi connectivity index (χ0) is 24.6. The summed E-state index contributed by atoms with van der Waals surface area (Å²) in [4.78, 5) is 14.0. The molecule has 0 unspecified atom stereocenters. The maximum Gasteiger partial charge on any atom is 0.264 e. The number of carbonyl (C=O) groups excluding carboxylic acids is 1. The van der Waals surface area contributed by atoms with Crippen molar-refractivity contribution in [2.45, 2.75) is 16.7 Å². The van der Waals surface area contributed by atoms with Crippen molar-refractivity contribution in [2.24, 2.45) is 0 Å². The SMILES string of the molecule is COc1ccc(OC)c(N(CC(=O)NCCSc2ccc(C)cc2)S(=O)(=O)c2ccccc2)c1. The van der Waals surface area contributed by atoms with Crippen LogP contribution in [-0.4, -0.2) is 47.4 Å². The molecule has 0 aliphatic heterocycles. The van der Waals surface area contributed by atoms with Crippen molar-refractivity contribution < 1.29 is 22.7 Å². The second-order valence-electron chi connectivity index (χ2n) is 7.37. The van der Waals surface area contributed by atoms with E-state index in [1.54, 1.807) is 48.2 Å². The second kappa shape index (κ2) is 11.8. The van der Waals surface area contributed by atoms with Crippen molar-refractivity contribution >= 4 is 33.4 Å². The summed E-state index contributed by atoms with van der Waals surface area (Å²) >= 11 is 1.62. The molecule has 0 spiro atoms. The van der Waals surface area contributed by atoms with Gasteiger partial charge in [-0.15, -0.1) is 11.8 Å². The number of hydrogen-bond acceptors (Lipinski definition) is 6. The van der Waals surface area contributed by atoms with Crippen molar-refractivity contribution in [2.75, 3.05) is 37.4 Å². The van der Waals surface area contributed by atoms with Gasteiger partial charge in [-0.1, -0.05) is 35.9 Å². The minimum atomic E-state index is -4.05. The molecule has 0 saturated carbocycles. The lowest BCUT2D eigenvalue weighted by Gasteiger charge is -2.26. The van der Waals surface area contributed by atoms with Crippen LogP contribution in [0.25, 0.3) is 0 Å². The summed E-state index contributed by atoms with van der Waals surface area (Å²) in [5, 5.41) is 2.82. The Morgan fingerprint density at radius 3 is 2.32 bits per heavy atom. The summed E-state index contributed by atoms with van der Waals surface area (Å²) in [6.45, 7) is 2.02. The molecule has 0 bridgehead atoms. The molecule has 9 heteroatoms. The Morgan fingerprint density at radius 1 is 0.971 bits per heavy atom. The highest BCUT2D eigenvalue weighted by Gasteiger charge is 2.29. The van der Waals surface area contributed by atoms with E-state index in [0.29, 0.717) is 23.8 Å². The molecule has 0 aliphatic carbocycles. The summed E-state index contributed by atoms with van der Waals surface area (Å²) in [6.07, 6.45) is 0. The number of aryl methyl sites for hydroxylation is 1. The van der Waals surface area contributed by atoms with Crippen LogP contribution in [0.15, 0.2) is 82.6 Å². The minimum absolute atomic E-state index is 0.0719. The zero-order valence-electron chi connectivity index (χ0n) is 19.4. The van der Waals surface area contributed by atoms with Crippen LogP contribution >= 0.6 is 11.8 Å². The highest BCUT2D eigenvalue weighted by Crippen LogP contribution is 2.35. The number of methoxy groups -OCH3 is 2. The van der Waals surface area contributed by atoms with Crippen molar-refractivity contribution in [3.8, 4) is 11.5 Å². The molecular weight excluding hydrogens is 472 g/mol. The Balaban J connectivity index is 1.79. The largest absolute Gasteiger partial charge is 0.497 e. The lowest BCUT2D eigenvalue weighted by Crippen LogP contribution is -2.41. The molecule has 0 fully saturated rings. The lowest BCUT2D eigenvalue weighted by atomic mass is 10.2. The van der Waals surface area contributed by atoms with E-state index in [1.165, 1.54) is 31.9 Å². The van der Waals surface area contributed by atoms with E-state index in [2.05, 4.69) is 5.32 Å². The van der Waals surface area contributed by atoms with Gasteiger partial charge in [0, 0.05) is 23.3 Å². The van der Waals surface area contributed by atoms with Crippen LogP contribution in [0.3, 0.4) is 0 Å². The predicted molar refractivity (Wildman–Crippen MR) is 135 cm³/mol. The Hall–Kier alpha value is -3.17. The summed E-state index contributed by atoms with van der Waals surface area (Å²) in [7, 11) is -1.12. The first-order valence-electron chi connectivity index (χ1n) is 10.6. The monoisotopic (exact) mass is 500 g/mol. The first-order chi connectivity index (χ1) is 16.3. The van der Waals surface area contributed by atoms with Crippen LogP contribution < -0.4 is 19.1 Å². The number of rotatable bonds is 11. The number of nitrogens with zero attached hydrogens (tertiary/aromatic N) is 1. The number of nitrogens with one attached hydrogen (secondary N) is 1. The molecule has 0 saturated heterocycles. The molecule has 0 heterocycles. The number of thioether (sulfide) groups is 1. The fourth-order valence-electron chi connectivity index (χ4n) is 3.19. The molecule has 1 amide bonds. The number of anilines is 1. The van der Waals surface area contributed by atoms with E-state index < -0.39 is 22.5 Å². The standard InChI is InChI=1S/C25H28N2O5S2/c1-19-9-12-21(13-10-19)33-16-15-26-25(28)18-27(34(29,30)22-7-5-4-6-8-22)23-17-20(31-2)11-14-24(23)32-3/h4-14,17H,15-16,18H2,1-3H3,(H,26,28). The van der Waals surface area contributed by atoms with Crippen LogP contribution in [0.1, 0.15) is 5.56 Å². The van der Waals surface area contributed by atoms with Gasteiger partial charge < -0.3 is 14.8 Å². The van der Waals surface area contributed by atoms with Crippen molar-refractivity contribution in [1.82, 2.24) is 5.32 Å². The van der Waals surface area contributed by atoms with Gasteiger partial charge in [0.2, 0.25) is 5.91 Å². The van der Waals surface area contributed by atoms with Gasteiger partial charge in [0.1, 0.15) is 18.0 Å². The Labute approximate surface area is 205 Å². The van der Waals surface area contributed by atoms with Gasteiger partial charge in [0.25, 0.3) is 10.0 Å². The average Bonchev–Trinajstić information content (AvgIpc) is 2.86. The molecule has 180 valence electrons. The highest BCUT2D eigenvalue weighted by atomic mass is 32.2. The van der Waals surface area contributed by atoms with E-state index in [-0.39, 0.29) is 10.6 Å². The number of hydrogen-bond donors (Lipinski definition) is 1. The Bertz CT molecular complexity index is 1200. The number of sulfonamides is 1. The van der Waals surface area contributed by atoms with Crippen molar-refractivity contribution in [3.63, 3.8) is 0 Å². The number of amides is 1. The summed E-state index contributed by atoms with van der Waals surface area (Å²) in [5.41, 5.74) is 1.40. The first-order valence-corrected chi connectivity index (χ1v) is 13.0. The third kappa shape index (κ3) is 6.45. The second-order valence-corrected chi connectivity index (χ2v) is 10.4. The third-order valence-electron chi connectivity index (χ3n) is 4.99. The van der Waals surface area contributed by atoms with E-state index in [4.69, 9.17) is 9.47 Å². The molecule has 3 rings (SSSR count). The van der Waals surface area contributed by atoms with E-state index in [9.17, 15) is 13.2 Å². The number of benzene rings is 3. The number of carbonyl (C=O) groups is 1. The summed E-state index contributed by atoms with van der Waals surface area (Å²) < 4.78 is 38.8. The quantitative estimate of drug-likeness (QED) is 0.315. The fraction of sp³-hybridized carbons (Fsp3) is 0.240.